The van der Waals surface area contributed by atoms with E-state index in [4.69, 9.17) is 28.3 Å². The third-order valence-corrected chi connectivity index (χ3v) is 3.50. The summed E-state index contributed by atoms with van der Waals surface area (Å²) in [7, 11) is 0. The fraction of sp³-hybridized carbons (Fsp3) is 0.273. The van der Waals surface area contributed by atoms with Crippen LogP contribution in [0.25, 0.3) is 0 Å². The molecule has 6 heteroatoms. The molecule has 1 fully saturated rings. The zero-order valence-electron chi connectivity index (χ0n) is 8.61. The number of rotatable bonds is 2. The number of amides is 1. The Kier molecular flexibility index (Phi) is 3.26. The number of carboxylic acid groups (broad SMARTS) is 1. The second-order valence-electron chi connectivity index (χ2n) is 3.87. The van der Waals surface area contributed by atoms with Crippen molar-refractivity contribution in [2.45, 2.75) is 18.4 Å². The first-order valence-electron chi connectivity index (χ1n) is 4.96. The Labute approximate surface area is 108 Å². The van der Waals surface area contributed by atoms with Crippen LogP contribution in [0.5, 0.6) is 0 Å². The smallest absolute Gasteiger partial charge is 0.326 e. The zero-order chi connectivity index (χ0) is 12.6. The Morgan fingerprint density at radius 2 is 2.06 bits per heavy atom. The Morgan fingerprint density at radius 1 is 1.35 bits per heavy atom. The lowest BCUT2D eigenvalue weighted by atomic mass is 9.92. The van der Waals surface area contributed by atoms with Crippen molar-refractivity contribution in [1.29, 1.82) is 0 Å². The maximum Gasteiger partial charge on any atom is 0.326 e. The highest BCUT2D eigenvalue weighted by Crippen LogP contribution is 2.32. The van der Waals surface area contributed by atoms with Gasteiger partial charge in [-0.05, 0) is 17.7 Å². The number of carbonyl (C=O) groups excluding carboxylic acids is 1. The van der Waals surface area contributed by atoms with E-state index >= 15 is 0 Å². The summed E-state index contributed by atoms with van der Waals surface area (Å²) in [6.07, 6.45) is 0.148. The summed E-state index contributed by atoms with van der Waals surface area (Å²) in [4.78, 5) is 22.3. The van der Waals surface area contributed by atoms with Gasteiger partial charge in [-0.2, -0.15) is 0 Å². The molecular formula is C11H9Cl2NO3. The Morgan fingerprint density at radius 3 is 2.65 bits per heavy atom. The Hall–Kier alpha value is -1.26. The van der Waals surface area contributed by atoms with Gasteiger partial charge >= 0.3 is 5.97 Å². The van der Waals surface area contributed by atoms with E-state index in [0.717, 1.165) is 0 Å². The van der Waals surface area contributed by atoms with Crippen LogP contribution in [-0.2, 0) is 9.59 Å². The predicted octanol–water partition coefficient (Wildman–Crippen LogP) is 2.05. The van der Waals surface area contributed by atoms with E-state index in [2.05, 4.69) is 5.32 Å². The predicted molar refractivity (Wildman–Crippen MR) is 63.4 cm³/mol. The van der Waals surface area contributed by atoms with Gasteiger partial charge in [0, 0.05) is 12.3 Å². The summed E-state index contributed by atoms with van der Waals surface area (Å²) in [5.74, 6) is -1.73. The molecular weight excluding hydrogens is 265 g/mol. The molecule has 2 N–H and O–H groups in total. The molecule has 0 bridgehead atoms. The second-order valence-corrected chi connectivity index (χ2v) is 4.68. The number of halogens is 2. The SMILES string of the molecule is O=C1C[C@H](c2ccc(Cl)c(Cl)c2)[C@@H](C(=O)O)N1. The van der Waals surface area contributed by atoms with Crippen LogP contribution in [0.4, 0.5) is 0 Å². The molecule has 17 heavy (non-hydrogen) atoms. The number of aliphatic carboxylic acids is 1. The van der Waals surface area contributed by atoms with Crippen LogP contribution in [0.2, 0.25) is 10.0 Å². The molecule has 1 heterocycles. The fourth-order valence-electron chi connectivity index (χ4n) is 1.94. The number of hydrogen-bond donors (Lipinski definition) is 2. The summed E-state index contributed by atoms with van der Waals surface area (Å²) in [5, 5.41) is 12.2. The van der Waals surface area contributed by atoms with E-state index in [-0.39, 0.29) is 12.3 Å². The van der Waals surface area contributed by atoms with Crippen molar-refractivity contribution in [3.8, 4) is 0 Å². The Bertz CT molecular complexity index is 490. The summed E-state index contributed by atoms with van der Waals surface area (Å²) >= 11 is 11.7. The molecule has 0 radical (unpaired) electrons. The highest BCUT2D eigenvalue weighted by molar-refractivity contribution is 6.42. The van der Waals surface area contributed by atoms with Gasteiger partial charge in [0.2, 0.25) is 5.91 Å². The maximum absolute atomic E-state index is 11.3. The molecule has 90 valence electrons. The quantitative estimate of drug-likeness (QED) is 0.867. The molecule has 0 aliphatic carbocycles. The number of carboxylic acids is 1. The van der Waals surface area contributed by atoms with Gasteiger partial charge in [0.05, 0.1) is 10.0 Å². The van der Waals surface area contributed by atoms with E-state index < -0.39 is 17.9 Å². The van der Waals surface area contributed by atoms with Crippen LogP contribution in [-0.4, -0.2) is 23.0 Å². The molecule has 1 saturated heterocycles. The van der Waals surface area contributed by atoms with Crippen molar-refractivity contribution < 1.29 is 14.7 Å². The van der Waals surface area contributed by atoms with E-state index in [9.17, 15) is 9.59 Å². The molecule has 0 spiro atoms. The van der Waals surface area contributed by atoms with E-state index in [1.807, 2.05) is 0 Å². The van der Waals surface area contributed by atoms with Crippen LogP contribution >= 0.6 is 23.2 Å². The van der Waals surface area contributed by atoms with Gasteiger partial charge < -0.3 is 10.4 Å². The van der Waals surface area contributed by atoms with Crippen LogP contribution in [0.15, 0.2) is 18.2 Å². The standard InChI is InChI=1S/C11H9Cl2NO3/c12-7-2-1-5(3-8(7)13)6-4-9(15)14-10(6)11(16)17/h1-3,6,10H,4H2,(H,14,15)(H,16,17)/t6-,10+/m1/s1. The van der Waals surface area contributed by atoms with Crippen LogP contribution < -0.4 is 5.32 Å². The number of hydrogen-bond acceptors (Lipinski definition) is 2. The molecule has 1 aromatic carbocycles. The van der Waals surface area contributed by atoms with Crippen LogP contribution in [0, 0.1) is 0 Å². The van der Waals surface area contributed by atoms with Crippen molar-refractivity contribution in [1.82, 2.24) is 5.32 Å². The summed E-state index contributed by atoms with van der Waals surface area (Å²) in [6.45, 7) is 0. The third-order valence-electron chi connectivity index (χ3n) is 2.76. The molecule has 1 amide bonds. The van der Waals surface area contributed by atoms with Gasteiger partial charge in [0.1, 0.15) is 6.04 Å². The highest BCUT2D eigenvalue weighted by atomic mass is 35.5. The van der Waals surface area contributed by atoms with Gasteiger partial charge in [-0.25, -0.2) is 4.79 Å². The molecule has 1 aromatic rings. The molecule has 0 saturated carbocycles. The van der Waals surface area contributed by atoms with Crippen molar-refractivity contribution in [2.75, 3.05) is 0 Å². The summed E-state index contributed by atoms with van der Waals surface area (Å²) in [5.41, 5.74) is 0.699. The normalized spacial score (nSPS) is 23.5. The van der Waals surface area contributed by atoms with E-state index in [0.29, 0.717) is 15.6 Å². The van der Waals surface area contributed by atoms with Gasteiger partial charge in [-0.3, -0.25) is 4.79 Å². The number of nitrogens with one attached hydrogen (secondary N) is 1. The lowest BCUT2D eigenvalue weighted by molar-refractivity contribution is -0.140. The average molecular weight is 274 g/mol. The first-order valence-corrected chi connectivity index (χ1v) is 5.71. The average Bonchev–Trinajstić information content (AvgIpc) is 2.64. The van der Waals surface area contributed by atoms with Gasteiger partial charge in [-0.1, -0.05) is 29.3 Å². The van der Waals surface area contributed by atoms with Gasteiger partial charge in [0.25, 0.3) is 0 Å². The minimum absolute atomic E-state index is 0.148. The lowest BCUT2D eigenvalue weighted by Crippen LogP contribution is -2.36. The maximum atomic E-state index is 11.3. The molecule has 1 aliphatic heterocycles. The zero-order valence-corrected chi connectivity index (χ0v) is 10.1. The topological polar surface area (TPSA) is 66.4 Å². The minimum atomic E-state index is -1.05. The molecule has 1 aliphatic rings. The van der Waals surface area contributed by atoms with Crippen LogP contribution in [0.1, 0.15) is 17.9 Å². The minimum Gasteiger partial charge on any atom is -0.480 e. The molecule has 0 unspecified atom stereocenters. The first kappa shape index (κ1) is 12.2. The fourth-order valence-corrected chi connectivity index (χ4v) is 2.24. The molecule has 0 aromatic heterocycles. The van der Waals surface area contributed by atoms with Crippen molar-refractivity contribution >= 4 is 35.1 Å². The van der Waals surface area contributed by atoms with Crippen molar-refractivity contribution in [3.05, 3.63) is 33.8 Å². The molecule has 2 atom stereocenters. The largest absolute Gasteiger partial charge is 0.480 e. The second kappa shape index (κ2) is 4.55. The lowest BCUT2D eigenvalue weighted by Gasteiger charge is -2.15. The highest BCUT2D eigenvalue weighted by Gasteiger charge is 2.38. The van der Waals surface area contributed by atoms with Crippen molar-refractivity contribution in [2.24, 2.45) is 0 Å². The van der Waals surface area contributed by atoms with Gasteiger partial charge in [0.15, 0.2) is 0 Å². The number of carbonyl (C=O) groups is 2. The number of benzene rings is 1. The Balaban J connectivity index is 2.34. The van der Waals surface area contributed by atoms with E-state index in [1.54, 1.807) is 18.2 Å². The van der Waals surface area contributed by atoms with Crippen molar-refractivity contribution in [3.63, 3.8) is 0 Å². The van der Waals surface area contributed by atoms with E-state index in [1.165, 1.54) is 0 Å². The van der Waals surface area contributed by atoms with Gasteiger partial charge in [-0.15, -0.1) is 0 Å². The first-order chi connectivity index (χ1) is 7.99. The van der Waals surface area contributed by atoms with Crippen LogP contribution in [0.3, 0.4) is 0 Å². The molecule has 4 nitrogen and oxygen atoms in total. The summed E-state index contributed by atoms with van der Waals surface area (Å²) < 4.78 is 0. The third kappa shape index (κ3) is 2.37. The monoisotopic (exact) mass is 273 g/mol. The summed E-state index contributed by atoms with van der Waals surface area (Å²) in [6, 6.07) is 3.99. The molecule has 2 rings (SSSR count).